The van der Waals surface area contributed by atoms with Crippen LogP contribution >= 0.6 is 0 Å². The Morgan fingerprint density at radius 3 is 2.40 bits per heavy atom. The Bertz CT molecular complexity index is 2450. The van der Waals surface area contributed by atoms with Crippen LogP contribution in [0.3, 0.4) is 0 Å². The summed E-state index contributed by atoms with van der Waals surface area (Å²) in [5.74, 6) is 1.67. The summed E-state index contributed by atoms with van der Waals surface area (Å²) in [7, 11) is 0. The van der Waals surface area contributed by atoms with Gasteiger partial charge in [0, 0.05) is 33.9 Å². The summed E-state index contributed by atoms with van der Waals surface area (Å²) in [4.78, 5) is 0. The number of allylic oxidation sites excluding steroid dienone is 2. The molecule has 3 atom stereocenters. The maximum Gasteiger partial charge on any atom is 0.135 e. The second kappa shape index (κ2) is 11.0. The molecule has 0 saturated carbocycles. The fourth-order valence-corrected chi connectivity index (χ4v) is 9.13. The molecule has 0 radical (unpaired) electrons. The Morgan fingerprint density at radius 1 is 0.720 bits per heavy atom. The van der Waals surface area contributed by atoms with Crippen molar-refractivity contribution in [3.05, 3.63) is 179 Å². The number of hydrogen-bond acceptors (Lipinski definition) is 2. The predicted molar refractivity (Wildman–Crippen MR) is 209 cm³/mol. The van der Waals surface area contributed by atoms with E-state index in [0.29, 0.717) is 5.92 Å². The van der Waals surface area contributed by atoms with Gasteiger partial charge in [0.15, 0.2) is 0 Å². The molecule has 0 bridgehead atoms. The minimum absolute atomic E-state index is 0.0586. The van der Waals surface area contributed by atoms with Crippen LogP contribution in [0.2, 0.25) is 0 Å². The Kier molecular flexibility index (Phi) is 6.42. The summed E-state index contributed by atoms with van der Waals surface area (Å²) >= 11 is 0. The van der Waals surface area contributed by atoms with E-state index in [1.165, 1.54) is 72.0 Å². The molecule has 4 aliphatic rings. The van der Waals surface area contributed by atoms with Crippen LogP contribution < -0.4 is 10.1 Å². The van der Waals surface area contributed by atoms with Crippen molar-refractivity contribution in [1.29, 1.82) is 0 Å². The third-order valence-electron chi connectivity index (χ3n) is 11.6. The standard InChI is InChI=1S/C48H39NO/c1-29-10-8-16-40-35(29)24-25-41-38-23-20-32(26-44(38)48(2,3)46(40)41)30-18-21-33(22-19-30)49-34-27-42(37-15-9-12-31-11-4-5-13-36(31)37)47-43(28-34)39-14-6-7-17-45(39)50-47/h4-9,11-29,43,47,49H,10H2,1-3H3. The molecule has 0 fully saturated rings. The first kappa shape index (κ1) is 29.3. The zero-order valence-electron chi connectivity index (χ0n) is 28.7. The monoisotopic (exact) mass is 645 g/mol. The van der Waals surface area contributed by atoms with Crippen LogP contribution in [0.4, 0.5) is 5.69 Å². The van der Waals surface area contributed by atoms with E-state index in [2.05, 4.69) is 172 Å². The molecule has 242 valence electrons. The lowest BCUT2D eigenvalue weighted by Crippen LogP contribution is -2.24. The van der Waals surface area contributed by atoms with Crippen molar-refractivity contribution >= 4 is 28.1 Å². The Hall–Kier alpha value is -5.60. The Balaban J connectivity index is 0.980. The van der Waals surface area contributed by atoms with E-state index in [4.69, 9.17) is 4.74 Å². The topological polar surface area (TPSA) is 21.3 Å². The summed E-state index contributed by atoms with van der Waals surface area (Å²) in [5.41, 5.74) is 16.8. The number of hydrogen-bond donors (Lipinski definition) is 1. The van der Waals surface area contributed by atoms with Crippen molar-refractivity contribution in [2.24, 2.45) is 0 Å². The second-order valence-electron chi connectivity index (χ2n) is 15.0. The third-order valence-corrected chi connectivity index (χ3v) is 11.6. The van der Waals surface area contributed by atoms with Crippen LogP contribution in [0.15, 0.2) is 145 Å². The van der Waals surface area contributed by atoms with E-state index < -0.39 is 0 Å². The summed E-state index contributed by atoms with van der Waals surface area (Å²) in [5, 5.41) is 6.26. The van der Waals surface area contributed by atoms with Crippen LogP contribution in [0.5, 0.6) is 5.75 Å². The molecule has 2 nitrogen and oxygen atoms in total. The molecule has 2 heteroatoms. The smallest absolute Gasteiger partial charge is 0.135 e. The quantitative estimate of drug-likeness (QED) is 0.206. The Labute approximate surface area is 294 Å². The molecule has 3 aliphatic carbocycles. The molecule has 6 aromatic rings. The van der Waals surface area contributed by atoms with Crippen molar-refractivity contribution in [3.8, 4) is 28.0 Å². The highest BCUT2D eigenvalue weighted by molar-refractivity contribution is 5.96. The number of para-hydroxylation sites is 1. The van der Waals surface area contributed by atoms with Crippen molar-refractivity contribution in [2.45, 2.75) is 50.5 Å². The van der Waals surface area contributed by atoms with Gasteiger partial charge in [-0.05, 0) is 110 Å². The van der Waals surface area contributed by atoms with Gasteiger partial charge in [0.25, 0.3) is 0 Å². The predicted octanol–water partition coefficient (Wildman–Crippen LogP) is 12.3. The van der Waals surface area contributed by atoms with Crippen molar-refractivity contribution in [2.75, 3.05) is 5.32 Å². The van der Waals surface area contributed by atoms with Gasteiger partial charge in [-0.15, -0.1) is 0 Å². The minimum Gasteiger partial charge on any atom is -0.484 e. The van der Waals surface area contributed by atoms with Crippen LogP contribution in [0.25, 0.3) is 44.7 Å². The van der Waals surface area contributed by atoms with Crippen LogP contribution in [0.1, 0.15) is 72.4 Å². The number of benzene rings is 6. The second-order valence-corrected chi connectivity index (χ2v) is 15.0. The van der Waals surface area contributed by atoms with E-state index in [0.717, 1.165) is 23.6 Å². The van der Waals surface area contributed by atoms with Crippen LogP contribution in [0, 0.1) is 0 Å². The van der Waals surface area contributed by atoms with E-state index in [9.17, 15) is 0 Å². The highest BCUT2D eigenvalue weighted by Gasteiger charge is 2.40. The van der Waals surface area contributed by atoms with E-state index in [1.807, 2.05) is 0 Å². The van der Waals surface area contributed by atoms with Crippen molar-refractivity contribution in [1.82, 2.24) is 0 Å². The number of rotatable bonds is 4. The zero-order valence-corrected chi connectivity index (χ0v) is 28.7. The van der Waals surface area contributed by atoms with Crippen LogP contribution in [-0.2, 0) is 5.41 Å². The third kappa shape index (κ3) is 4.41. The average molecular weight is 646 g/mol. The molecule has 0 aromatic heterocycles. The van der Waals surface area contributed by atoms with Crippen molar-refractivity contribution < 1.29 is 4.74 Å². The molecule has 1 aliphatic heterocycles. The molecule has 10 rings (SSSR count). The lowest BCUT2D eigenvalue weighted by atomic mass is 9.75. The molecule has 0 amide bonds. The molecule has 6 aromatic carbocycles. The van der Waals surface area contributed by atoms with E-state index in [-0.39, 0.29) is 17.4 Å². The minimum atomic E-state index is -0.0637. The lowest BCUT2D eigenvalue weighted by Gasteiger charge is -2.28. The number of anilines is 1. The van der Waals surface area contributed by atoms with Gasteiger partial charge in [-0.1, -0.05) is 130 Å². The van der Waals surface area contributed by atoms with Gasteiger partial charge in [-0.3, -0.25) is 0 Å². The summed E-state index contributed by atoms with van der Waals surface area (Å²) in [6.07, 6.45) is 10.4. The van der Waals surface area contributed by atoms with E-state index >= 15 is 0 Å². The van der Waals surface area contributed by atoms with E-state index in [1.54, 1.807) is 0 Å². The molecule has 3 unspecified atom stereocenters. The van der Waals surface area contributed by atoms with Gasteiger partial charge in [-0.2, -0.15) is 0 Å². The van der Waals surface area contributed by atoms with Crippen LogP contribution in [-0.4, -0.2) is 6.10 Å². The molecular weight excluding hydrogens is 607 g/mol. The van der Waals surface area contributed by atoms with Gasteiger partial charge in [0.05, 0.1) is 0 Å². The number of ether oxygens (including phenoxy) is 1. The molecule has 0 saturated heterocycles. The van der Waals surface area contributed by atoms with Gasteiger partial charge < -0.3 is 10.1 Å². The first-order valence-corrected chi connectivity index (χ1v) is 18.0. The maximum absolute atomic E-state index is 6.64. The van der Waals surface area contributed by atoms with Gasteiger partial charge >= 0.3 is 0 Å². The molecule has 0 spiro atoms. The van der Waals surface area contributed by atoms with Gasteiger partial charge in [0.1, 0.15) is 11.9 Å². The molecule has 1 N–H and O–H groups in total. The largest absolute Gasteiger partial charge is 0.484 e. The molecule has 50 heavy (non-hydrogen) atoms. The summed E-state index contributed by atoms with van der Waals surface area (Å²) in [6.45, 7) is 7.15. The highest BCUT2D eigenvalue weighted by atomic mass is 16.5. The fraction of sp³-hybridized carbons (Fsp3) is 0.167. The Morgan fingerprint density at radius 2 is 1.50 bits per heavy atom. The van der Waals surface area contributed by atoms with Crippen molar-refractivity contribution in [3.63, 3.8) is 0 Å². The highest BCUT2D eigenvalue weighted by Crippen LogP contribution is 2.53. The summed E-state index contributed by atoms with van der Waals surface area (Å²) in [6, 6.07) is 44.4. The lowest BCUT2D eigenvalue weighted by molar-refractivity contribution is 0.278. The molecule has 1 heterocycles. The normalized spacial score (nSPS) is 20.5. The molecular formula is C48H39NO. The maximum atomic E-state index is 6.64. The first-order valence-electron chi connectivity index (χ1n) is 18.0. The summed E-state index contributed by atoms with van der Waals surface area (Å²) < 4.78 is 6.64. The number of fused-ring (bicyclic) bond motifs is 9. The van der Waals surface area contributed by atoms with Gasteiger partial charge in [-0.25, -0.2) is 0 Å². The zero-order chi connectivity index (χ0) is 33.6. The first-order chi connectivity index (χ1) is 24.4. The average Bonchev–Trinajstić information content (AvgIpc) is 3.63. The SMILES string of the molecule is CC1CC=Cc2c1ccc1c2C(C)(C)c2cc(-c3ccc(NC4=CC5c6ccccc6OC5C(c5cccc6ccccc56)=C4)cc3)ccc2-1. The fourth-order valence-electron chi connectivity index (χ4n) is 9.13. The number of nitrogens with one attached hydrogen (secondary N) is 1. The van der Waals surface area contributed by atoms with Gasteiger partial charge in [0.2, 0.25) is 0 Å².